The minimum Gasteiger partial charge on any atom is -0.487 e. The lowest BCUT2D eigenvalue weighted by atomic mass is 10.2. The highest BCUT2D eigenvalue weighted by Crippen LogP contribution is 2.20. The first kappa shape index (κ1) is 11.4. The Morgan fingerprint density at radius 2 is 1.93 bits per heavy atom. The van der Waals surface area contributed by atoms with Crippen LogP contribution in [0.15, 0.2) is 30.3 Å². The Bertz CT molecular complexity index is 325. The summed E-state index contributed by atoms with van der Waals surface area (Å²) in [6.45, 7) is -0.927. The maximum Gasteiger partial charge on any atom is 0.309 e. The second-order valence-electron chi connectivity index (χ2n) is 3.03. The molecule has 0 amide bonds. The van der Waals surface area contributed by atoms with Gasteiger partial charge in [-0.1, -0.05) is 18.2 Å². The van der Waals surface area contributed by atoms with Crippen molar-refractivity contribution in [3.63, 3.8) is 0 Å². The van der Waals surface area contributed by atoms with E-state index in [1.165, 1.54) is 12.1 Å². The van der Waals surface area contributed by atoms with Gasteiger partial charge in [-0.2, -0.15) is 0 Å². The fraction of sp³-hybridized carbons (Fsp3) is 0.300. The maximum absolute atomic E-state index is 12.9. The summed E-state index contributed by atoms with van der Waals surface area (Å²) in [7, 11) is 0. The van der Waals surface area contributed by atoms with Crippen LogP contribution in [0.4, 0.5) is 8.78 Å². The minimum atomic E-state index is -3.35. The van der Waals surface area contributed by atoms with E-state index in [0.717, 1.165) is 0 Å². The molecule has 0 aliphatic carbocycles. The third-order valence-corrected chi connectivity index (χ3v) is 1.60. The first-order chi connectivity index (χ1) is 6.99. The third-order valence-electron chi connectivity index (χ3n) is 1.60. The average molecular weight is 216 g/mol. The summed E-state index contributed by atoms with van der Waals surface area (Å²) in [5.41, 5.74) is 0. The SMILES string of the molecule is O=C(O)CC(F)(F)COc1ccccc1. The Kier molecular flexibility index (Phi) is 3.60. The molecule has 3 nitrogen and oxygen atoms in total. The largest absolute Gasteiger partial charge is 0.487 e. The van der Waals surface area contributed by atoms with Gasteiger partial charge in [-0.25, -0.2) is 8.78 Å². The van der Waals surface area contributed by atoms with Crippen LogP contribution >= 0.6 is 0 Å². The molecule has 0 aliphatic heterocycles. The van der Waals surface area contributed by atoms with E-state index in [-0.39, 0.29) is 0 Å². The van der Waals surface area contributed by atoms with Crippen molar-refractivity contribution in [3.8, 4) is 5.75 Å². The van der Waals surface area contributed by atoms with Crippen molar-refractivity contribution in [2.24, 2.45) is 0 Å². The van der Waals surface area contributed by atoms with Crippen LogP contribution in [0.5, 0.6) is 5.75 Å². The van der Waals surface area contributed by atoms with Gasteiger partial charge in [0.2, 0.25) is 0 Å². The Labute approximate surface area is 85.3 Å². The maximum atomic E-state index is 12.9. The van der Waals surface area contributed by atoms with Crippen LogP contribution in [0.2, 0.25) is 0 Å². The molecular weight excluding hydrogens is 206 g/mol. The molecule has 5 heteroatoms. The predicted octanol–water partition coefficient (Wildman–Crippen LogP) is 2.18. The van der Waals surface area contributed by atoms with Crippen molar-refractivity contribution in [1.82, 2.24) is 0 Å². The Hall–Kier alpha value is -1.65. The molecule has 0 atom stereocenters. The number of benzene rings is 1. The smallest absolute Gasteiger partial charge is 0.309 e. The number of para-hydroxylation sites is 1. The molecule has 1 aromatic carbocycles. The number of hydrogen-bond acceptors (Lipinski definition) is 2. The monoisotopic (exact) mass is 216 g/mol. The first-order valence-electron chi connectivity index (χ1n) is 4.27. The van der Waals surface area contributed by atoms with Gasteiger partial charge in [0.05, 0.1) is 0 Å². The number of halogens is 2. The van der Waals surface area contributed by atoms with Gasteiger partial charge in [0.25, 0.3) is 5.92 Å². The minimum absolute atomic E-state index is 0.294. The van der Waals surface area contributed by atoms with E-state index in [0.29, 0.717) is 5.75 Å². The lowest BCUT2D eigenvalue weighted by Gasteiger charge is -2.14. The number of carboxylic acid groups (broad SMARTS) is 1. The summed E-state index contributed by atoms with van der Waals surface area (Å²) in [4.78, 5) is 10.1. The molecule has 0 saturated heterocycles. The summed E-state index contributed by atoms with van der Waals surface area (Å²) in [5.74, 6) is -4.60. The van der Waals surface area contributed by atoms with E-state index in [9.17, 15) is 13.6 Å². The molecule has 15 heavy (non-hydrogen) atoms. The predicted molar refractivity (Wildman–Crippen MR) is 49.1 cm³/mol. The first-order valence-corrected chi connectivity index (χ1v) is 4.27. The highest BCUT2D eigenvalue weighted by atomic mass is 19.3. The second-order valence-corrected chi connectivity index (χ2v) is 3.03. The molecule has 1 N–H and O–H groups in total. The van der Waals surface area contributed by atoms with Crippen LogP contribution in [-0.4, -0.2) is 23.6 Å². The molecule has 1 rings (SSSR count). The normalized spacial score (nSPS) is 11.1. The van der Waals surface area contributed by atoms with Crippen LogP contribution in [0.1, 0.15) is 6.42 Å². The molecule has 1 aromatic rings. The van der Waals surface area contributed by atoms with Gasteiger partial charge < -0.3 is 9.84 Å². The lowest BCUT2D eigenvalue weighted by Crippen LogP contribution is -2.28. The van der Waals surface area contributed by atoms with Crippen molar-refractivity contribution >= 4 is 5.97 Å². The quantitative estimate of drug-likeness (QED) is 0.820. The number of ether oxygens (including phenoxy) is 1. The van der Waals surface area contributed by atoms with Gasteiger partial charge in [0.15, 0.2) is 6.61 Å². The number of aliphatic carboxylic acids is 1. The fourth-order valence-electron chi connectivity index (χ4n) is 0.978. The van der Waals surface area contributed by atoms with Gasteiger partial charge in [0.1, 0.15) is 12.2 Å². The standard InChI is InChI=1S/C10H10F2O3/c11-10(12,6-9(13)14)7-15-8-4-2-1-3-5-8/h1-5H,6-7H2,(H,13,14). The summed E-state index contributed by atoms with van der Waals surface area (Å²) in [6.07, 6.45) is -1.22. The van der Waals surface area contributed by atoms with E-state index >= 15 is 0 Å². The van der Waals surface area contributed by atoms with Crippen molar-refractivity contribution < 1.29 is 23.4 Å². The van der Waals surface area contributed by atoms with Crippen molar-refractivity contribution in [2.75, 3.05) is 6.61 Å². The molecule has 0 saturated carbocycles. The zero-order valence-electron chi connectivity index (χ0n) is 7.82. The van der Waals surface area contributed by atoms with Crippen LogP contribution in [0.3, 0.4) is 0 Å². The Balaban J connectivity index is 2.46. The average Bonchev–Trinajstić information content (AvgIpc) is 2.15. The van der Waals surface area contributed by atoms with Gasteiger partial charge in [-0.3, -0.25) is 4.79 Å². The van der Waals surface area contributed by atoms with Crippen molar-refractivity contribution in [3.05, 3.63) is 30.3 Å². The van der Waals surface area contributed by atoms with Crippen molar-refractivity contribution in [2.45, 2.75) is 12.3 Å². The highest BCUT2D eigenvalue weighted by Gasteiger charge is 2.33. The number of alkyl halides is 2. The molecule has 0 unspecified atom stereocenters. The molecular formula is C10H10F2O3. The zero-order valence-corrected chi connectivity index (χ0v) is 7.82. The Morgan fingerprint density at radius 3 is 2.47 bits per heavy atom. The highest BCUT2D eigenvalue weighted by molar-refractivity contribution is 5.67. The van der Waals surface area contributed by atoms with Gasteiger partial charge in [-0.05, 0) is 12.1 Å². The molecule has 0 spiro atoms. The van der Waals surface area contributed by atoms with E-state index in [2.05, 4.69) is 0 Å². The number of rotatable bonds is 5. The summed E-state index contributed by atoms with van der Waals surface area (Å²) >= 11 is 0. The molecule has 0 heterocycles. The summed E-state index contributed by atoms with van der Waals surface area (Å²) in [6, 6.07) is 8.06. The van der Waals surface area contributed by atoms with Gasteiger partial charge in [-0.15, -0.1) is 0 Å². The van der Waals surface area contributed by atoms with Crippen LogP contribution < -0.4 is 4.74 Å². The summed E-state index contributed by atoms with van der Waals surface area (Å²) in [5, 5.41) is 8.21. The van der Waals surface area contributed by atoms with E-state index in [1.54, 1.807) is 18.2 Å². The Morgan fingerprint density at radius 1 is 1.33 bits per heavy atom. The van der Waals surface area contributed by atoms with Gasteiger partial charge in [0, 0.05) is 0 Å². The molecule has 0 aromatic heterocycles. The molecule has 0 fully saturated rings. The molecule has 82 valence electrons. The topological polar surface area (TPSA) is 46.5 Å². The van der Waals surface area contributed by atoms with Crippen LogP contribution in [-0.2, 0) is 4.79 Å². The van der Waals surface area contributed by atoms with E-state index in [4.69, 9.17) is 9.84 Å². The zero-order chi connectivity index (χ0) is 11.3. The number of carboxylic acids is 1. The third kappa shape index (κ3) is 4.39. The molecule has 0 aliphatic rings. The second kappa shape index (κ2) is 4.72. The van der Waals surface area contributed by atoms with Crippen molar-refractivity contribution in [1.29, 1.82) is 0 Å². The number of carbonyl (C=O) groups is 1. The van der Waals surface area contributed by atoms with Crippen LogP contribution in [0, 0.1) is 0 Å². The van der Waals surface area contributed by atoms with Gasteiger partial charge >= 0.3 is 5.97 Å². The molecule has 0 radical (unpaired) electrons. The van der Waals surface area contributed by atoms with E-state index in [1.807, 2.05) is 0 Å². The summed E-state index contributed by atoms with van der Waals surface area (Å²) < 4.78 is 30.5. The molecule has 0 bridgehead atoms. The lowest BCUT2D eigenvalue weighted by molar-refractivity contribution is -0.147. The van der Waals surface area contributed by atoms with Crippen LogP contribution in [0.25, 0.3) is 0 Å². The van der Waals surface area contributed by atoms with E-state index < -0.39 is 24.9 Å². The fourth-order valence-corrected chi connectivity index (χ4v) is 0.978. The number of hydrogen-bond donors (Lipinski definition) is 1.